The van der Waals surface area contributed by atoms with Gasteiger partial charge in [-0.1, -0.05) is 12.1 Å². The molecular formula is C28H34N2O5S2. The quantitative estimate of drug-likeness (QED) is 0.321. The molecule has 3 aromatic rings. The number of aryl methyl sites for hydroxylation is 1. The number of hydrogen-bond acceptors (Lipinski definition) is 7. The van der Waals surface area contributed by atoms with Crippen molar-refractivity contribution >= 4 is 27.1 Å². The van der Waals surface area contributed by atoms with Crippen molar-refractivity contribution in [2.75, 3.05) is 19.8 Å². The molecule has 37 heavy (non-hydrogen) atoms. The van der Waals surface area contributed by atoms with Crippen LogP contribution in [0, 0.1) is 5.92 Å². The van der Waals surface area contributed by atoms with Gasteiger partial charge in [0.1, 0.15) is 5.01 Å². The summed E-state index contributed by atoms with van der Waals surface area (Å²) in [5.74, 6) is 0.485. The Balaban J connectivity index is 1.35. The van der Waals surface area contributed by atoms with Crippen molar-refractivity contribution < 1.29 is 22.7 Å². The Kier molecular flexibility index (Phi) is 8.12. The van der Waals surface area contributed by atoms with E-state index in [0.717, 1.165) is 72.2 Å². The van der Waals surface area contributed by atoms with Gasteiger partial charge in [0, 0.05) is 35.9 Å². The first-order valence-electron chi connectivity index (χ1n) is 13.1. The second-order valence-corrected chi connectivity index (χ2v) is 13.3. The van der Waals surface area contributed by atoms with Crippen molar-refractivity contribution in [1.82, 2.24) is 9.97 Å². The molecule has 0 amide bonds. The Morgan fingerprint density at radius 3 is 2.59 bits per heavy atom. The summed E-state index contributed by atoms with van der Waals surface area (Å²) in [5, 5.41) is 0.684. The Bertz CT molecular complexity index is 1300. The van der Waals surface area contributed by atoms with Crippen LogP contribution in [-0.4, -0.2) is 49.4 Å². The summed E-state index contributed by atoms with van der Waals surface area (Å²) < 4.78 is 36.0. The standard InChI is InChI=1S/C28H34N2O5S2/c1-2-35-27(31)12-5-21-18-29-28(36-21)26-11-10-25(30-26)24(17-19-13-15-34-16-14-19)20-3-6-22(7-4-20)37(32,33)23-8-9-23/h3-4,6-7,10-11,18-19,23-24,30H,2,5,8-9,12-17H2,1H3. The smallest absolute Gasteiger partial charge is 0.306 e. The molecule has 1 saturated heterocycles. The van der Waals surface area contributed by atoms with Gasteiger partial charge in [0.05, 0.1) is 28.9 Å². The molecule has 2 aliphatic rings. The van der Waals surface area contributed by atoms with Gasteiger partial charge in [0.15, 0.2) is 9.84 Å². The number of ether oxygens (including phenoxy) is 2. The van der Waals surface area contributed by atoms with E-state index in [2.05, 4.69) is 22.1 Å². The van der Waals surface area contributed by atoms with Crippen molar-refractivity contribution in [3.63, 3.8) is 0 Å². The van der Waals surface area contributed by atoms with Gasteiger partial charge in [0.2, 0.25) is 0 Å². The van der Waals surface area contributed by atoms with E-state index in [1.807, 2.05) is 25.3 Å². The van der Waals surface area contributed by atoms with Crippen LogP contribution in [0.2, 0.25) is 0 Å². The van der Waals surface area contributed by atoms with Gasteiger partial charge in [-0.05, 0) is 81.2 Å². The monoisotopic (exact) mass is 542 g/mol. The van der Waals surface area contributed by atoms with Crippen molar-refractivity contribution in [3.8, 4) is 10.7 Å². The molecule has 1 aromatic carbocycles. The average Bonchev–Trinajstić information content (AvgIpc) is 3.49. The number of aromatic amines is 1. The van der Waals surface area contributed by atoms with Crippen LogP contribution in [-0.2, 0) is 30.5 Å². The van der Waals surface area contributed by atoms with E-state index in [0.29, 0.717) is 30.3 Å². The maximum Gasteiger partial charge on any atom is 0.306 e. The zero-order valence-electron chi connectivity index (χ0n) is 21.1. The number of benzene rings is 1. The Hall–Kier alpha value is -2.49. The summed E-state index contributed by atoms with van der Waals surface area (Å²) in [6, 6.07) is 11.7. The normalized spacial score (nSPS) is 17.5. The van der Waals surface area contributed by atoms with Crippen LogP contribution in [0.15, 0.2) is 47.5 Å². The van der Waals surface area contributed by atoms with E-state index in [1.54, 1.807) is 23.5 Å². The molecule has 5 rings (SSSR count). The number of nitrogens with one attached hydrogen (secondary N) is 1. The predicted molar refractivity (Wildman–Crippen MR) is 144 cm³/mol. The first kappa shape index (κ1) is 26.1. The molecule has 2 fully saturated rings. The van der Waals surface area contributed by atoms with E-state index < -0.39 is 9.84 Å². The lowest BCUT2D eigenvalue weighted by Crippen LogP contribution is -2.19. The largest absolute Gasteiger partial charge is 0.466 e. The zero-order valence-corrected chi connectivity index (χ0v) is 22.8. The molecule has 0 bridgehead atoms. The fourth-order valence-electron chi connectivity index (χ4n) is 4.96. The van der Waals surface area contributed by atoms with Crippen molar-refractivity contribution in [2.24, 2.45) is 5.92 Å². The molecule has 1 atom stereocenters. The molecule has 0 radical (unpaired) electrons. The Morgan fingerprint density at radius 2 is 1.89 bits per heavy atom. The maximum absolute atomic E-state index is 12.7. The SMILES string of the molecule is CCOC(=O)CCc1cnc(-c2ccc(C(CC3CCOCC3)c3ccc(S(=O)(=O)C4CC4)cc3)[nH]2)s1. The van der Waals surface area contributed by atoms with Crippen LogP contribution < -0.4 is 0 Å². The third-order valence-corrected chi connectivity index (χ3v) is 10.6. The van der Waals surface area contributed by atoms with Crippen LogP contribution in [0.1, 0.15) is 67.5 Å². The number of aromatic nitrogens is 2. The first-order chi connectivity index (χ1) is 17.9. The van der Waals surface area contributed by atoms with Gasteiger partial charge < -0.3 is 14.5 Å². The topological polar surface area (TPSA) is 98.3 Å². The van der Waals surface area contributed by atoms with Crippen LogP contribution in [0.4, 0.5) is 0 Å². The van der Waals surface area contributed by atoms with Crippen molar-refractivity contribution in [1.29, 1.82) is 0 Å². The van der Waals surface area contributed by atoms with Gasteiger partial charge in [-0.2, -0.15) is 0 Å². The lowest BCUT2D eigenvalue weighted by molar-refractivity contribution is -0.143. The highest BCUT2D eigenvalue weighted by Gasteiger charge is 2.37. The number of carbonyl (C=O) groups excluding carboxylic acids is 1. The van der Waals surface area contributed by atoms with Crippen LogP contribution in [0.3, 0.4) is 0 Å². The minimum atomic E-state index is -3.20. The molecular weight excluding hydrogens is 508 g/mol. The highest BCUT2D eigenvalue weighted by Crippen LogP contribution is 2.38. The number of hydrogen-bond donors (Lipinski definition) is 1. The number of rotatable bonds is 11. The minimum Gasteiger partial charge on any atom is -0.466 e. The molecule has 9 heteroatoms. The number of carbonyl (C=O) groups is 1. The number of sulfone groups is 1. The average molecular weight is 543 g/mol. The van der Waals surface area contributed by atoms with Gasteiger partial charge in [0.25, 0.3) is 0 Å². The predicted octanol–water partition coefficient (Wildman–Crippen LogP) is 5.52. The van der Waals surface area contributed by atoms with Gasteiger partial charge >= 0.3 is 5.97 Å². The highest BCUT2D eigenvalue weighted by molar-refractivity contribution is 7.92. The van der Waals surface area contributed by atoms with Gasteiger partial charge in [-0.3, -0.25) is 4.79 Å². The second-order valence-electron chi connectivity index (χ2n) is 9.92. The summed E-state index contributed by atoms with van der Waals surface area (Å²) in [4.78, 5) is 21.3. The number of thiazole rings is 1. The molecule has 3 heterocycles. The lowest BCUT2D eigenvalue weighted by atomic mass is 9.83. The van der Waals surface area contributed by atoms with E-state index in [1.165, 1.54) is 0 Å². The summed E-state index contributed by atoms with van der Waals surface area (Å²) in [5.41, 5.74) is 3.17. The maximum atomic E-state index is 12.7. The van der Waals surface area contributed by atoms with Crippen LogP contribution in [0.25, 0.3) is 10.7 Å². The fraction of sp³-hybridized carbons (Fsp3) is 0.500. The Labute approximate surface area is 222 Å². The molecule has 1 saturated carbocycles. The molecule has 0 spiro atoms. The summed E-state index contributed by atoms with van der Waals surface area (Å²) in [7, 11) is -3.20. The highest BCUT2D eigenvalue weighted by atomic mass is 32.2. The van der Waals surface area contributed by atoms with Gasteiger partial charge in [-0.25, -0.2) is 13.4 Å². The summed E-state index contributed by atoms with van der Waals surface area (Å²) in [6.07, 6.45) is 7.38. The van der Waals surface area contributed by atoms with E-state index in [-0.39, 0.29) is 17.1 Å². The molecule has 1 aliphatic carbocycles. The first-order valence-corrected chi connectivity index (χ1v) is 15.5. The van der Waals surface area contributed by atoms with Crippen LogP contribution in [0.5, 0.6) is 0 Å². The molecule has 1 aliphatic heterocycles. The molecule has 2 aromatic heterocycles. The third-order valence-electron chi connectivity index (χ3n) is 7.23. The minimum absolute atomic E-state index is 0.123. The second kappa shape index (κ2) is 11.5. The van der Waals surface area contributed by atoms with Crippen LogP contribution >= 0.6 is 11.3 Å². The summed E-state index contributed by atoms with van der Waals surface area (Å²) in [6.45, 7) is 3.79. The third kappa shape index (κ3) is 6.33. The van der Waals surface area contributed by atoms with Crippen molar-refractivity contribution in [2.45, 2.75) is 67.9 Å². The molecule has 1 unspecified atom stereocenters. The van der Waals surface area contributed by atoms with E-state index >= 15 is 0 Å². The number of esters is 1. The Morgan fingerprint density at radius 1 is 1.14 bits per heavy atom. The lowest BCUT2D eigenvalue weighted by Gasteiger charge is -2.27. The van der Waals surface area contributed by atoms with E-state index in [4.69, 9.17) is 9.47 Å². The molecule has 7 nitrogen and oxygen atoms in total. The number of nitrogens with zero attached hydrogens (tertiary/aromatic N) is 1. The number of H-pyrrole nitrogens is 1. The fourth-order valence-corrected chi connectivity index (χ4v) is 7.51. The summed E-state index contributed by atoms with van der Waals surface area (Å²) >= 11 is 1.58. The van der Waals surface area contributed by atoms with E-state index in [9.17, 15) is 13.2 Å². The zero-order chi connectivity index (χ0) is 25.8. The molecule has 198 valence electrons. The molecule has 1 N–H and O–H groups in total. The van der Waals surface area contributed by atoms with Crippen molar-refractivity contribution in [3.05, 3.63) is 58.7 Å². The van der Waals surface area contributed by atoms with Gasteiger partial charge in [-0.15, -0.1) is 11.3 Å².